The molecule has 6 heteroatoms. The van der Waals surface area contributed by atoms with Gasteiger partial charge in [0.15, 0.2) is 5.75 Å². The molecule has 0 saturated carbocycles. The van der Waals surface area contributed by atoms with Crippen molar-refractivity contribution in [3.8, 4) is 5.75 Å². The molecule has 0 bridgehead atoms. The minimum absolute atomic E-state index is 0.0412. The fourth-order valence-electron chi connectivity index (χ4n) is 2.02. The molecule has 2 aromatic rings. The van der Waals surface area contributed by atoms with Gasteiger partial charge in [0.25, 0.3) is 0 Å². The zero-order chi connectivity index (χ0) is 13.8. The molecule has 1 atom stereocenters. The molecule has 0 aliphatic carbocycles. The number of hydrogen-bond donors (Lipinski definition) is 1. The average Bonchev–Trinajstić information content (AvgIpc) is 2.78. The number of aryl methyl sites for hydroxylation is 1. The van der Waals surface area contributed by atoms with Crippen LogP contribution in [0, 0.1) is 0 Å². The van der Waals surface area contributed by atoms with Crippen molar-refractivity contribution in [1.29, 1.82) is 0 Å². The van der Waals surface area contributed by atoms with E-state index in [1.807, 2.05) is 23.9 Å². The molecule has 0 radical (unpaired) electrons. The molecule has 0 saturated heterocycles. The lowest BCUT2D eigenvalue weighted by Gasteiger charge is -2.19. The number of methoxy groups -OCH3 is 1. The molecule has 2 aromatic heterocycles. The summed E-state index contributed by atoms with van der Waals surface area (Å²) in [4.78, 5) is 4.46. The van der Waals surface area contributed by atoms with Gasteiger partial charge in [0.05, 0.1) is 25.0 Å². The van der Waals surface area contributed by atoms with Crippen molar-refractivity contribution >= 4 is 15.9 Å². The number of pyridine rings is 1. The zero-order valence-electron chi connectivity index (χ0n) is 11.2. The summed E-state index contributed by atoms with van der Waals surface area (Å²) in [5.41, 5.74) is 1.91. The van der Waals surface area contributed by atoms with Crippen molar-refractivity contribution in [1.82, 2.24) is 20.1 Å². The van der Waals surface area contributed by atoms with Crippen LogP contribution >= 0.6 is 15.9 Å². The lowest BCUT2D eigenvalue weighted by molar-refractivity contribution is 0.400. The number of ether oxygens (including phenoxy) is 1. The molecule has 0 aliphatic rings. The summed E-state index contributed by atoms with van der Waals surface area (Å²) in [5.74, 6) is 0.762. The summed E-state index contributed by atoms with van der Waals surface area (Å²) < 4.78 is 8.16. The van der Waals surface area contributed by atoms with Gasteiger partial charge in [-0.05, 0) is 34.6 Å². The molecule has 1 N–H and O–H groups in total. The van der Waals surface area contributed by atoms with E-state index in [0.29, 0.717) is 0 Å². The van der Waals surface area contributed by atoms with Crippen molar-refractivity contribution in [2.24, 2.45) is 7.05 Å². The van der Waals surface area contributed by atoms with E-state index in [1.54, 1.807) is 19.5 Å². The van der Waals surface area contributed by atoms with E-state index in [9.17, 15) is 0 Å². The third-order valence-electron chi connectivity index (χ3n) is 2.90. The van der Waals surface area contributed by atoms with Gasteiger partial charge in [-0.3, -0.25) is 9.67 Å². The molecule has 0 amide bonds. The average molecular weight is 325 g/mol. The Morgan fingerprint density at radius 2 is 2.21 bits per heavy atom. The van der Waals surface area contributed by atoms with E-state index in [0.717, 1.165) is 28.2 Å². The third kappa shape index (κ3) is 2.96. The molecule has 1 unspecified atom stereocenters. The monoisotopic (exact) mass is 324 g/mol. The van der Waals surface area contributed by atoms with Crippen molar-refractivity contribution in [2.45, 2.75) is 13.0 Å². The van der Waals surface area contributed by atoms with Gasteiger partial charge in [-0.1, -0.05) is 6.92 Å². The third-order valence-corrected chi connectivity index (χ3v) is 3.37. The highest BCUT2D eigenvalue weighted by atomic mass is 79.9. The Morgan fingerprint density at radius 1 is 1.42 bits per heavy atom. The first-order chi connectivity index (χ1) is 9.17. The highest BCUT2D eigenvalue weighted by Gasteiger charge is 2.22. The van der Waals surface area contributed by atoms with Gasteiger partial charge in [-0.25, -0.2) is 0 Å². The maximum absolute atomic E-state index is 5.38. The molecule has 2 rings (SSSR count). The van der Waals surface area contributed by atoms with E-state index in [4.69, 9.17) is 4.74 Å². The van der Waals surface area contributed by atoms with Crippen molar-refractivity contribution < 1.29 is 4.74 Å². The molecule has 102 valence electrons. The van der Waals surface area contributed by atoms with Crippen LogP contribution in [0.25, 0.3) is 0 Å². The molecule has 5 nitrogen and oxygen atoms in total. The smallest absolute Gasteiger partial charge is 0.161 e. The lowest BCUT2D eigenvalue weighted by Crippen LogP contribution is -2.25. The summed E-state index contributed by atoms with van der Waals surface area (Å²) in [6.07, 6.45) is 3.51. The van der Waals surface area contributed by atoms with E-state index >= 15 is 0 Å². The van der Waals surface area contributed by atoms with Crippen LogP contribution < -0.4 is 10.1 Å². The first-order valence-electron chi connectivity index (χ1n) is 6.08. The maximum Gasteiger partial charge on any atom is 0.161 e. The summed E-state index contributed by atoms with van der Waals surface area (Å²) in [6, 6.07) is 3.93. The number of nitrogens with one attached hydrogen (secondary N) is 1. The molecule has 19 heavy (non-hydrogen) atoms. The second-order valence-corrected chi connectivity index (χ2v) is 5.03. The first-order valence-corrected chi connectivity index (χ1v) is 6.87. The van der Waals surface area contributed by atoms with Gasteiger partial charge < -0.3 is 10.1 Å². The maximum atomic E-state index is 5.38. The summed E-state index contributed by atoms with van der Waals surface area (Å²) >= 11 is 3.40. The van der Waals surface area contributed by atoms with Gasteiger partial charge in [0.2, 0.25) is 0 Å². The minimum Gasteiger partial charge on any atom is -0.493 e. The molecular formula is C13H17BrN4O. The van der Waals surface area contributed by atoms with Gasteiger partial charge in [-0.2, -0.15) is 5.10 Å². The van der Waals surface area contributed by atoms with Crippen LogP contribution in [0.3, 0.4) is 0 Å². The second-order valence-electron chi connectivity index (χ2n) is 4.11. The van der Waals surface area contributed by atoms with Crippen LogP contribution in [0.4, 0.5) is 0 Å². The van der Waals surface area contributed by atoms with Crippen LogP contribution in [0.1, 0.15) is 24.4 Å². The predicted octanol–water partition coefficient (Wildman–Crippen LogP) is 2.29. The van der Waals surface area contributed by atoms with Crippen LogP contribution in [0.15, 0.2) is 29.0 Å². The molecule has 0 aliphatic heterocycles. The first kappa shape index (κ1) is 14.0. The molecule has 2 heterocycles. The van der Waals surface area contributed by atoms with Crippen LogP contribution in [-0.2, 0) is 7.05 Å². The van der Waals surface area contributed by atoms with Crippen molar-refractivity contribution in [3.05, 3.63) is 40.4 Å². The normalized spacial score (nSPS) is 12.4. The van der Waals surface area contributed by atoms with Crippen LogP contribution in [-0.4, -0.2) is 28.4 Å². The van der Waals surface area contributed by atoms with Gasteiger partial charge in [0, 0.05) is 17.7 Å². The van der Waals surface area contributed by atoms with E-state index in [2.05, 4.69) is 38.3 Å². The molecule has 0 aromatic carbocycles. The summed E-state index contributed by atoms with van der Waals surface area (Å²) in [6.45, 7) is 2.89. The summed E-state index contributed by atoms with van der Waals surface area (Å²) in [7, 11) is 3.56. The van der Waals surface area contributed by atoms with E-state index in [-0.39, 0.29) is 6.04 Å². The Hall–Kier alpha value is -1.40. The second kappa shape index (κ2) is 6.16. The van der Waals surface area contributed by atoms with Crippen LogP contribution in [0.2, 0.25) is 0 Å². The Morgan fingerprint density at radius 3 is 2.79 bits per heavy atom. The Bertz CT molecular complexity index is 538. The van der Waals surface area contributed by atoms with E-state index < -0.39 is 0 Å². The van der Waals surface area contributed by atoms with Gasteiger partial charge in [0.1, 0.15) is 5.69 Å². The molecule has 0 spiro atoms. The Labute approximate surface area is 121 Å². The van der Waals surface area contributed by atoms with Gasteiger partial charge >= 0.3 is 0 Å². The minimum atomic E-state index is -0.0412. The fraction of sp³-hybridized carbons (Fsp3) is 0.385. The van der Waals surface area contributed by atoms with Crippen LogP contribution in [0.5, 0.6) is 5.75 Å². The highest BCUT2D eigenvalue weighted by Crippen LogP contribution is 2.28. The topological polar surface area (TPSA) is 52.0 Å². The lowest BCUT2D eigenvalue weighted by atomic mass is 10.1. The Balaban J connectivity index is 2.44. The number of aromatic nitrogens is 3. The number of rotatable bonds is 5. The summed E-state index contributed by atoms with van der Waals surface area (Å²) in [5, 5.41) is 7.67. The quantitative estimate of drug-likeness (QED) is 0.916. The van der Waals surface area contributed by atoms with E-state index in [1.165, 1.54) is 0 Å². The molecular weight excluding hydrogens is 308 g/mol. The standard InChI is InChI=1S/C13H17BrN4O/c1-4-15-12(10-6-5-9(14)7-16-10)13-11(19-3)8-17-18(13)2/h5-8,12,15H,4H2,1-3H3. The number of hydrogen-bond acceptors (Lipinski definition) is 4. The molecule has 0 fully saturated rings. The Kier molecular flexibility index (Phi) is 4.55. The highest BCUT2D eigenvalue weighted by molar-refractivity contribution is 9.10. The predicted molar refractivity (Wildman–Crippen MR) is 77.2 cm³/mol. The fourth-order valence-corrected chi connectivity index (χ4v) is 2.25. The zero-order valence-corrected chi connectivity index (χ0v) is 12.8. The van der Waals surface area contributed by atoms with Gasteiger partial charge in [-0.15, -0.1) is 0 Å². The number of halogens is 1. The number of nitrogens with zero attached hydrogens (tertiary/aromatic N) is 3. The van der Waals surface area contributed by atoms with Crippen molar-refractivity contribution in [2.75, 3.05) is 13.7 Å². The largest absolute Gasteiger partial charge is 0.493 e. The van der Waals surface area contributed by atoms with Crippen molar-refractivity contribution in [3.63, 3.8) is 0 Å². The SMILES string of the molecule is CCNC(c1ccc(Br)cn1)c1c(OC)cnn1C.